The van der Waals surface area contributed by atoms with E-state index in [0.717, 1.165) is 48.9 Å². The van der Waals surface area contributed by atoms with E-state index in [2.05, 4.69) is 15.0 Å². The van der Waals surface area contributed by atoms with Gasteiger partial charge in [0.1, 0.15) is 5.75 Å². The zero-order valence-electron chi connectivity index (χ0n) is 16.5. The van der Waals surface area contributed by atoms with Crippen molar-refractivity contribution in [3.05, 3.63) is 54.1 Å². The molecule has 0 radical (unpaired) electrons. The minimum atomic E-state index is -4.74. The SMILES string of the molecule is CC(=O)c1ccc(N2CC[NH+](CC(=O)Nc3ccc(OC(F)(F)F)cc3)CC2)cc1. The zero-order chi connectivity index (χ0) is 21.7. The van der Waals surface area contributed by atoms with E-state index in [0.29, 0.717) is 11.3 Å². The van der Waals surface area contributed by atoms with Crippen molar-refractivity contribution in [2.24, 2.45) is 0 Å². The minimum absolute atomic E-state index is 0.0318. The molecule has 2 aromatic carbocycles. The van der Waals surface area contributed by atoms with E-state index in [9.17, 15) is 22.8 Å². The highest BCUT2D eigenvalue weighted by Gasteiger charge is 2.31. The minimum Gasteiger partial charge on any atom is -0.406 e. The van der Waals surface area contributed by atoms with Crippen LogP contribution in [-0.4, -0.2) is 50.8 Å². The summed E-state index contributed by atoms with van der Waals surface area (Å²) in [5.41, 5.74) is 2.14. The summed E-state index contributed by atoms with van der Waals surface area (Å²) in [6, 6.07) is 12.6. The molecule has 30 heavy (non-hydrogen) atoms. The number of carbonyl (C=O) groups excluding carboxylic acids is 2. The van der Waals surface area contributed by atoms with Crippen LogP contribution in [-0.2, 0) is 4.79 Å². The molecule has 0 bridgehead atoms. The van der Waals surface area contributed by atoms with Crippen molar-refractivity contribution in [3.8, 4) is 5.75 Å². The van der Waals surface area contributed by atoms with Gasteiger partial charge in [-0.2, -0.15) is 0 Å². The molecule has 9 heteroatoms. The molecule has 0 spiro atoms. The number of hydrogen-bond donors (Lipinski definition) is 2. The molecule has 0 unspecified atom stereocenters. The number of amides is 1. The van der Waals surface area contributed by atoms with Gasteiger partial charge in [0, 0.05) is 16.9 Å². The van der Waals surface area contributed by atoms with Crippen molar-refractivity contribution < 1.29 is 32.4 Å². The van der Waals surface area contributed by atoms with Crippen LogP contribution in [0.5, 0.6) is 5.75 Å². The van der Waals surface area contributed by atoms with Crippen molar-refractivity contribution in [2.45, 2.75) is 13.3 Å². The van der Waals surface area contributed by atoms with Crippen molar-refractivity contribution in [3.63, 3.8) is 0 Å². The fourth-order valence-electron chi connectivity index (χ4n) is 3.34. The average molecular weight is 422 g/mol. The van der Waals surface area contributed by atoms with Crippen LogP contribution in [0.3, 0.4) is 0 Å². The number of nitrogens with one attached hydrogen (secondary N) is 2. The number of rotatable bonds is 6. The number of hydrogen-bond acceptors (Lipinski definition) is 4. The molecule has 1 heterocycles. The number of alkyl halides is 3. The highest BCUT2D eigenvalue weighted by molar-refractivity contribution is 5.94. The molecule has 160 valence electrons. The van der Waals surface area contributed by atoms with Gasteiger partial charge in [-0.25, -0.2) is 0 Å². The van der Waals surface area contributed by atoms with Gasteiger partial charge in [-0.05, 0) is 55.5 Å². The van der Waals surface area contributed by atoms with Crippen LogP contribution in [0.1, 0.15) is 17.3 Å². The van der Waals surface area contributed by atoms with Crippen molar-refractivity contribution in [1.29, 1.82) is 0 Å². The summed E-state index contributed by atoms with van der Waals surface area (Å²) >= 11 is 0. The number of anilines is 2. The van der Waals surface area contributed by atoms with Crippen molar-refractivity contribution in [1.82, 2.24) is 0 Å². The van der Waals surface area contributed by atoms with Crippen LogP contribution in [0, 0.1) is 0 Å². The molecule has 1 amide bonds. The number of nitrogens with zero attached hydrogens (tertiary/aromatic N) is 1. The Morgan fingerprint density at radius 2 is 1.63 bits per heavy atom. The third-order valence-electron chi connectivity index (χ3n) is 4.89. The van der Waals surface area contributed by atoms with E-state index in [1.54, 1.807) is 0 Å². The maximum Gasteiger partial charge on any atom is 0.573 e. The lowest BCUT2D eigenvalue weighted by Gasteiger charge is -2.33. The Labute approximate surface area is 172 Å². The van der Waals surface area contributed by atoms with Gasteiger partial charge in [0.15, 0.2) is 12.3 Å². The third kappa shape index (κ3) is 6.21. The Morgan fingerprint density at radius 1 is 1.03 bits per heavy atom. The van der Waals surface area contributed by atoms with Gasteiger partial charge in [0.05, 0.1) is 26.2 Å². The fraction of sp³-hybridized carbons (Fsp3) is 0.333. The molecule has 1 saturated heterocycles. The standard InChI is InChI=1S/C21H22F3N3O3/c1-15(28)16-2-6-18(7-3-16)27-12-10-26(11-13-27)14-20(29)25-17-4-8-19(9-5-17)30-21(22,23)24/h2-9H,10-14H2,1H3,(H,25,29)/p+1. The predicted octanol–water partition coefficient (Wildman–Crippen LogP) is 2.13. The molecule has 1 aliphatic heterocycles. The average Bonchev–Trinajstić information content (AvgIpc) is 2.69. The molecule has 2 aromatic rings. The van der Waals surface area contributed by atoms with Gasteiger partial charge < -0.3 is 19.9 Å². The first kappa shape index (κ1) is 21.6. The molecular weight excluding hydrogens is 399 g/mol. The number of carbonyl (C=O) groups is 2. The van der Waals surface area contributed by atoms with E-state index in [1.807, 2.05) is 24.3 Å². The van der Waals surface area contributed by atoms with E-state index < -0.39 is 6.36 Å². The summed E-state index contributed by atoms with van der Waals surface area (Å²) in [7, 11) is 0. The highest BCUT2D eigenvalue weighted by atomic mass is 19.4. The number of halogens is 3. The second kappa shape index (κ2) is 9.17. The monoisotopic (exact) mass is 422 g/mol. The highest BCUT2D eigenvalue weighted by Crippen LogP contribution is 2.23. The van der Waals surface area contributed by atoms with Gasteiger partial charge in [-0.1, -0.05) is 0 Å². The van der Waals surface area contributed by atoms with Gasteiger partial charge in [0.2, 0.25) is 0 Å². The lowest BCUT2D eigenvalue weighted by Crippen LogP contribution is -3.15. The summed E-state index contributed by atoms with van der Waals surface area (Å²) in [4.78, 5) is 27.0. The van der Waals surface area contributed by atoms with E-state index >= 15 is 0 Å². The quantitative estimate of drug-likeness (QED) is 0.701. The summed E-state index contributed by atoms with van der Waals surface area (Å²) in [5, 5.41) is 2.70. The topological polar surface area (TPSA) is 63.1 Å². The second-order valence-corrected chi connectivity index (χ2v) is 7.14. The molecule has 0 saturated carbocycles. The Kier molecular flexibility index (Phi) is 6.61. The number of ketones is 1. The Bertz CT molecular complexity index is 875. The summed E-state index contributed by atoms with van der Waals surface area (Å²) in [6.45, 7) is 4.93. The molecule has 3 rings (SSSR count). The molecule has 1 fully saturated rings. The van der Waals surface area contributed by atoms with Crippen LogP contribution in [0.2, 0.25) is 0 Å². The Morgan fingerprint density at radius 3 is 2.17 bits per heavy atom. The van der Waals surface area contributed by atoms with Crippen LogP contribution >= 0.6 is 0 Å². The van der Waals surface area contributed by atoms with E-state index in [-0.39, 0.29) is 24.0 Å². The maximum absolute atomic E-state index is 12.3. The Balaban J connectivity index is 1.45. The lowest BCUT2D eigenvalue weighted by atomic mass is 10.1. The largest absolute Gasteiger partial charge is 0.573 e. The molecule has 0 aliphatic carbocycles. The van der Waals surface area contributed by atoms with Crippen molar-refractivity contribution in [2.75, 3.05) is 42.9 Å². The van der Waals surface area contributed by atoms with Gasteiger partial charge in [-0.15, -0.1) is 13.2 Å². The first-order chi connectivity index (χ1) is 14.2. The second-order valence-electron chi connectivity index (χ2n) is 7.14. The van der Waals surface area contributed by atoms with E-state index in [4.69, 9.17) is 0 Å². The van der Waals surface area contributed by atoms with Gasteiger partial charge >= 0.3 is 6.36 Å². The predicted molar refractivity (Wildman–Crippen MR) is 106 cm³/mol. The third-order valence-corrected chi connectivity index (χ3v) is 4.89. The fourth-order valence-corrected chi connectivity index (χ4v) is 3.34. The van der Waals surface area contributed by atoms with Crippen LogP contribution < -0.4 is 19.9 Å². The molecular formula is C21H23F3N3O3+. The Hall–Kier alpha value is -3.07. The van der Waals surface area contributed by atoms with Crippen LogP contribution in [0.4, 0.5) is 24.5 Å². The van der Waals surface area contributed by atoms with E-state index in [1.165, 1.54) is 19.1 Å². The molecule has 0 atom stereocenters. The van der Waals surface area contributed by atoms with Crippen molar-refractivity contribution >= 4 is 23.1 Å². The van der Waals surface area contributed by atoms with Crippen LogP contribution in [0.15, 0.2) is 48.5 Å². The number of benzene rings is 2. The van der Waals surface area contributed by atoms with Crippen LogP contribution in [0.25, 0.3) is 0 Å². The molecule has 1 aliphatic rings. The summed E-state index contributed by atoms with van der Waals surface area (Å²) in [5.74, 6) is -0.503. The normalized spacial score (nSPS) is 15.0. The summed E-state index contributed by atoms with van der Waals surface area (Å²) < 4.78 is 40.4. The first-order valence-corrected chi connectivity index (χ1v) is 9.55. The number of piperazine rings is 1. The molecule has 2 N–H and O–H groups in total. The zero-order valence-corrected chi connectivity index (χ0v) is 16.5. The smallest absolute Gasteiger partial charge is 0.406 e. The van der Waals surface area contributed by atoms with Gasteiger partial charge in [-0.3, -0.25) is 9.59 Å². The lowest BCUT2D eigenvalue weighted by molar-refractivity contribution is -0.892. The first-order valence-electron chi connectivity index (χ1n) is 9.55. The molecule has 6 nitrogen and oxygen atoms in total. The maximum atomic E-state index is 12.3. The number of quaternary nitrogens is 1. The molecule has 0 aromatic heterocycles. The number of Topliss-reactive ketones (excluding diaryl/α,β-unsaturated/α-hetero) is 1. The number of ether oxygens (including phenoxy) is 1. The van der Waals surface area contributed by atoms with Gasteiger partial charge in [0.25, 0.3) is 5.91 Å². The summed E-state index contributed by atoms with van der Waals surface area (Å²) in [6.07, 6.45) is -4.74.